The Morgan fingerprint density at radius 3 is 2.39 bits per heavy atom. The molecular formula is C17H15ClFNO3. The van der Waals surface area contributed by atoms with Gasteiger partial charge >= 0.3 is 0 Å². The fourth-order valence-corrected chi connectivity index (χ4v) is 2.01. The van der Waals surface area contributed by atoms with Crippen molar-refractivity contribution in [3.05, 3.63) is 58.9 Å². The Hall–Kier alpha value is -2.40. The number of hydrogen-bond acceptors (Lipinski definition) is 3. The fraction of sp³-hybridized carbons (Fsp3) is 0.176. The molecule has 0 saturated heterocycles. The first-order chi connectivity index (χ1) is 10.9. The van der Waals surface area contributed by atoms with Crippen molar-refractivity contribution in [1.82, 2.24) is 0 Å². The van der Waals surface area contributed by atoms with Gasteiger partial charge in [0, 0.05) is 17.3 Å². The number of benzene rings is 2. The quantitative estimate of drug-likeness (QED) is 0.837. The van der Waals surface area contributed by atoms with E-state index in [0.717, 1.165) is 0 Å². The Balaban J connectivity index is 1.99. The highest BCUT2D eigenvalue weighted by molar-refractivity contribution is 6.30. The van der Waals surface area contributed by atoms with Gasteiger partial charge in [-0.1, -0.05) is 11.6 Å². The third-order valence-electron chi connectivity index (χ3n) is 3.13. The summed E-state index contributed by atoms with van der Waals surface area (Å²) < 4.78 is 18.5. The van der Waals surface area contributed by atoms with E-state index in [1.54, 1.807) is 31.2 Å². The lowest BCUT2D eigenvalue weighted by Gasteiger charge is -2.15. The molecule has 0 saturated carbocycles. The maximum absolute atomic E-state index is 13.1. The molecule has 6 heteroatoms. The number of carbonyl (C=O) groups excluding carboxylic acids is 2. The Kier molecular flexibility index (Phi) is 5.34. The number of Topliss-reactive ketones (excluding diaryl/α,β-unsaturated/α-hetero) is 1. The largest absolute Gasteiger partial charge is 0.481 e. The molecule has 23 heavy (non-hydrogen) atoms. The second-order valence-electron chi connectivity index (χ2n) is 4.96. The molecule has 0 aliphatic heterocycles. The molecule has 0 bridgehead atoms. The molecule has 1 amide bonds. The maximum Gasteiger partial charge on any atom is 0.265 e. The van der Waals surface area contributed by atoms with Gasteiger partial charge in [0.1, 0.15) is 11.6 Å². The lowest BCUT2D eigenvalue weighted by molar-refractivity contribution is -0.122. The molecule has 0 aromatic heterocycles. The van der Waals surface area contributed by atoms with E-state index in [2.05, 4.69) is 5.32 Å². The number of hydrogen-bond donors (Lipinski definition) is 1. The monoisotopic (exact) mass is 335 g/mol. The summed E-state index contributed by atoms with van der Waals surface area (Å²) in [4.78, 5) is 23.3. The second kappa shape index (κ2) is 7.24. The van der Waals surface area contributed by atoms with Gasteiger partial charge in [-0.25, -0.2) is 4.39 Å². The number of amides is 1. The van der Waals surface area contributed by atoms with Gasteiger partial charge in [-0.3, -0.25) is 9.59 Å². The molecule has 0 unspecified atom stereocenters. The SMILES string of the molecule is CC(=O)c1ccc(NC(=O)[C@@H](C)Oc2ccc(F)c(Cl)c2)cc1. The highest BCUT2D eigenvalue weighted by atomic mass is 35.5. The van der Waals surface area contributed by atoms with Gasteiger partial charge in [-0.2, -0.15) is 0 Å². The third-order valence-corrected chi connectivity index (χ3v) is 3.42. The van der Waals surface area contributed by atoms with Crippen molar-refractivity contribution in [3.8, 4) is 5.75 Å². The summed E-state index contributed by atoms with van der Waals surface area (Å²) in [5.74, 6) is -0.679. The van der Waals surface area contributed by atoms with Crippen molar-refractivity contribution < 1.29 is 18.7 Å². The van der Waals surface area contributed by atoms with Crippen molar-refractivity contribution in [2.75, 3.05) is 5.32 Å². The molecule has 2 aromatic carbocycles. The van der Waals surface area contributed by atoms with Crippen LogP contribution in [0.1, 0.15) is 24.2 Å². The average molecular weight is 336 g/mol. The van der Waals surface area contributed by atoms with Crippen LogP contribution in [0.3, 0.4) is 0 Å². The number of nitrogens with one attached hydrogen (secondary N) is 1. The highest BCUT2D eigenvalue weighted by Crippen LogP contribution is 2.22. The summed E-state index contributed by atoms with van der Waals surface area (Å²) in [5.41, 5.74) is 1.11. The van der Waals surface area contributed by atoms with Crippen LogP contribution in [-0.4, -0.2) is 17.8 Å². The molecular weight excluding hydrogens is 321 g/mol. The minimum atomic E-state index is -0.802. The number of ether oxygens (including phenoxy) is 1. The normalized spacial score (nSPS) is 11.7. The number of halogens is 2. The minimum absolute atomic E-state index is 0.0484. The summed E-state index contributed by atoms with van der Waals surface area (Å²) in [7, 11) is 0. The van der Waals surface area contributed by atoms with E-state index in [-0.39, 0.29) is 16.7 Å². The van der Waals surface area contributed by atoms with E-state index < -0.39 is 11.9 Å². The molecule has 4 nitrogen and oxygen atoms in total. The first kappa shape index (κ1) is 17.0. The Bertz CT molecular complexity index is 731. The number of ketones is 1. The predicted molar refractivity (Wildman–Crippen MR) is 86.6 cm³/mol. The van der Waals surface area contributed by atoms with Crippen LogP contribution in [0, 0.1) is 5.82 Å². The average Bonchev–Trinajstić information content (AvgIpc) is 2.51. The van der Waals surface area contributed by atoms with Gasteiger partial charge < -0.3 is 10.1 Å². The Labute approximate surface area is 138 Å². The van der Waals surface area contributed by atoms with Gasteiger partial charge in [-0.05, 0) is 50.2 Å². The molecule has 2 aromatic rings. The Morgan fingerprint density at radius 1 is 1.17 bits per heavy atom. The first-order valence-corrected chi connectivity index (χ1v) is 7.28. The number of rotatable bonds is 5. The number of carbonyl (C=O) groups is 2. The number of anilines is 1. The molecule has 0 aliphatic rings. The van der Waals surface area contributed by atoms with Gasteiger partial charge in [-0.15, -0.1) is 0 Å². The van der Waals surface area contributed by atoms with E-state index in [4.69, 9.17) is 16.3 Å². The van der Waals surface area contributed by atoms with Crippen molar-refractivity contribution in [3.63, 3.8) is 0 Å². The molecule has 1 atom stereocenters. The van der Waals surface area contributed by atoms with Crippen LogP contribution >= 0.6 is 11.6 Å². The first-order valence-electron chi connectivity index (χ1n) is 6.90. The predicted octanol–water partition coefficient (Wildman–Crippen LogP) is 4.09. The van der Waals surface area contributed by atoms with Gasteiger partial charge in [0.2, 0.25) is 0 Å². The van der Waals surface area contributed by atoms with Crippen molar-refractivity contribution in [2.45, 2.75) is 20.0 Å². The Morgan fingerprint density at radius 2 is 1.83 bits per heavy atom. The molecule has 2 rings (SSSR count). The zero-order valence-electron chi connectivity index (χ0n) is 12.6. The standard InChI is InChI=1S/C17H15ClFNO3/c1-10(21)12-3-5-13(6-4-12)20-17(22)11(2)23-14-7-8-16(19)15(18)9-14/h3-9,11H,1-2H3,(H,20,22)/t11-/m1/s1. The smallest absolute Gasteiger partial charge is 0.265 e. The van der Waals surface area contributed by atoms with Crippen LogP contribution in [-0.2, 0) is 4.79 Å². The van der Waals surface area contributed by atoms with E-state index in [0.29, 0.717) is 17.0 Å². The van der Waals surface area contributed by atoms with E-state index in [1.807, 2.05) is 0 Å². The summed E-state index contributed by atoms with van der Waals surface area (Å²) >= 11 is 5.66. The molecule has 120 valence electrons. The molecule has 0 spiro atoms. The van der Waals surface area contributed by atoms with Gasteiger partial charge in [0.25, 0.3) is 5.91 Å². The van der Waals surface area contributed by atoms with Crippen LogP contribution in [0.4, 0.5) is 10.1 Å². The van der Waals surface area contributed by atoms with E-state index in [1.165, 1.54) is 25.1 Å². The van der Waals surface area contributed by atoms with Crippen LogP contribution in [0.25, 0.3) is 0 Å². The van der Waals surface area contributed by atoms with Crippen LogP contribution in [0.15, 0.2) is 42.5 Å². The van der Waals surface area contributed by atoms with Crippen LogP contribution in [0.5, 0.6) is 5.75 Å². The molecule has 0 fully saturated rings. The zero-order valence-corrected chi connectivity index (χ0v) is 13.4. The van der Waals surface area contributed by atoms with Crippen molar-refractivity contribution in [2.24, 2.45) is 0 Å². The molecule has 1 N–H and O–H groups in total. The molecule has 0 aliphatic carbocycles. The minimum Gasteiger partial charge on any atom is -0.481 e. The summed E-state index contributed by atoms with van der Waals surface area (Å²) in [6.45, 7) is 3.04. The van der Waals surface area contributed by atoms with E-state index >= 15 is 0 Å². The van der Waals surface area contributed by atoms with Crippen LogP contribution < -0.4 is 10.1 Å². The topological polar surface area (TPSA) is 55.4 Å². The van der Waals surface area contributed by atoms with Crippen LogP contribution in [0.2, 0.25) is 5.02 Å². The van der Waals surface area contributed by atoms with Gasteiger partial charge in [0.05, 0.1) is 5.02 Å². The lowest BCUT2D eigenvalue weighted by atomic mass is 10.1. The maximum atomic E-state index is 13.1. The van der Waals surface area contributed by atoms with Crippen molar-refractivity contribution in [1.29, 1.82) is 0 Å². The van der Waals surface area contributed by atoms with E-state index in [9.17, 15) is 14.0 Å². The summed E-state index contributed by atoms with van der Waals surface area (Å²) in [5, 5.41) is 2.60. The van der Waals surface area contributed by atoms with Gasteiger partial charge in [0.15, 0.2) is 11.9 Å². The van der Waals surface area contributed by atoms with Crippen molar-refractivity contribution >= 4 is 29.0 Å². The summed E-state index contributed by atoms with van der Waals surface area (Å²) in [6, 6.07) is 10.4. The molecule has 0 heterocycles. The molecule has 0 radical (unpaired) electrons. The summed E-state index contributed by atoms with van der Waals surface area (Å²) in [6.07, 6.45) is -0.802. The zero-order chi connectivity index (χ0) is 17.0. The lowest BCUT2D eigenvalue weighted by Crippen LogP contribution is -2.30. The fourth-order valence-electron chi connectivity index (χ4n) is 1.84. The second-order valence-corrected chi connectivity index (χ2v) is 5.37. The highest BCUT2D eigenvalue weighted by Gasteiger charge is 2.15. The third kappa shape index (κ3) is 4.53.